The van der Waals surface area contributed by atoms with Crippen molar-refractivity contribution in [2.45, 2.75) is 23.6 Å². The Bertz CT molecular complexity index is 262. The van der Waals surface area contributed by atoms with Crippen molar-refractivity contribution in [3.05, 3.63) is 22.3 Å². The monoisotopic (exact) mass is 244 g/mol. The van der Waals surface area contributed by atoms with Gasteiger partial charge in [-0.15, -0.1) is 11.6 Å². The number of rotatable bonds is 0. The maximum Gasteiger partial charge on any atom is 0.159 e. The number of hydrogen-bond donors (Lipinski definition) is 0. The quantitative estimate of drug-likeness (QED) is 0.560. The van der Waals surface area contributed by atoms with E-state index in [1.165, 1.54) is 0 Å². The van der Waals surface area contributed by atoms with Gasteiger partial charge in [-0.05, 0) is 31.1 Å². The molecule has 1 unspecified atom stereocenters. The average molecular weight is 246 g/mol. The molecule has 0 amide bonds. The molecule has 0 spiro atoms. The Morgan fingerprint density at radius 3 is 2.33 bits per heavy atom. The van der Waals surface area contributed by atoms with Gasteiger partial charge in [0.2, 0.25) is 0 Å². The van der Waals surface area contributed by atoms with Gasteiger partial charge in [0.1, 0.15) is 0 Å². The van der Waals surface area contributed by atoms with E-state index in [1.807, 2.05) is 13.8 Å². The van der Waals surface area contributed by atoms with Crippen molar-refractivity contribution in [3.8, 4) is 0 Å². The van der Waals surface area contributed by atoms with Crippen molar-refractivity contribution >= 4 is 46.4 Å². The van der Waals surface area contributed by atoms with E-state index in [-0.39, 0.29) is 0 Å². The van der Waals surface area contributed by atoms with Gasteiger partial charge in [-0.3, -0.25) is 0 Å². The van der Waals surface area contributed by atoms with Crippen LogP contribution in [0.1, 0.15) is 13.8 Å². The molecule has 0 fully saturated rings. The van der Waals surface area contributed by atoms with Gasteiger partial charge in [0.15, 0.2) is 4.33 Å². The molecule has 1 aliphatic carbocycles. The van der Waals surface area contributed by atoms with Crippen LogP contribution in [0.15, 0.2) is 22.3 Å². The fourth-order valence-corrected chi connectivity index (χ4v) is 2.03. The number of allylic oxidation sites excluding steroid dienone is 4. The summed E-state index contributed by atoms with van der Waals surface area (Å²) in [5, 5.41) is 0.168. The molecule has 0 nitrogen and oxygen atoms in total. The van der Waals surface area contributed by atoms with E-state index in [9.17, 15) is 0 Å². The Morgan fingerprint density at radius 2 is 1.83 bits per heavy atom. The minimum absolute atomic E-state index is 0.461. The maximum absolute atomic E-state index is 6.01. The van der Waals surface area contributed by atoms with Gasteiger partial charge in [0, 0.05) is 5.03 Å². The molecule has 0 saturated carbocycles. The van der Waals surface area contributed by atoms with Crippen molar-refractivity contribution in [1.82, 2.24) is 0 Å². The number of hydrogen-bond acceptors (Lipinski definition) is 0. The summed E-state index contributed by atoms with van der Waals surface area (Å²) in [6.45, 7) is 3.70. The largest absolute Gasteiger partial charge is 0.159 e. The van der Waals surface area contributed by atoms with E-state index < -0.39 is 9.71 Å². The Balaban J connectivity index is 3.18. The highest BCUT2D eigenvalue weighted by atomic mass is 35.5. The molecule has 4 heteroatoms. The molecule has 0 radical (unpaired) electrons. The maximum atomic E-state index is 6.01. The lowest BCUT2D eigenvalue weighted by atomic mass is 9.98. The van der Waals surface area contributed by atoms with Crippen LogP contribution in [-0.2, 0) is 0 Å². The van der Waals surface area contributed by atoms with Crippen LogP contribution >= 0.6 is 46.4 Å². The van der Waals surface area contributed by atoms with Crippen LogP contribution in [-0.4, -0.2) is 9.71 Å². The fourth-order valence-electron chi connectivity index (χ4n) is 0.994. The van der Waals surface area contributed by atoms with Crippen molar-refractivity contribution in [1.29, 1.82) is 0 Å². The van der Waals surface area contributed by atoms with Crippen LogP contribution in [0.5, 0.6) is 0 Å². The second-order valence-corrected chi connectivity index (χ2v) is 5.05. The topological polar surface area (TPSA) is 0 Å². The summed E-state index contributed by atoms with van der Waals surface area (Å²) in [7, 11) is 0. The standard InChI is InChI=1S/C8H8Cl4/c1-4-5(2)8(11,12)7(10)3-6(4)9/h3,7H,1-2H3. The van der Waals surface area contributed by atoms with Crippen molar-refractivity contribution in [2.24, 2.45) is 0 Å². The van der Waals surface area contributed by atoms with Crippen LogP contribution in [0.3, 0.4) is 0 Å². The first-order chi connectivity index (χ1) is 5.37. The van der Waals surface area contributed by atoms with Gasteiger partial charge < -0.3 is 0 Å². The molecule has 0 aromatic rings. The van der Waals surface area contributed by atoms with Crippen LogP contribution in [0.4, 0.5) is 0 Å². The van der Waals surface area contributed by atoms with E-state index in [0.717, 1.165) is 11.1 Å². The number of halogens is 4. The first kappa shape index (κ1) is 10.7. The van der Waals surface area contributed by atoms with Crippen LogP contribution in [0.25, 0.3) is 0 Å². The smallest absolute Gasteiger partial charge is 0.115 e. The second-order valence-electron chi connectivity index (χ2n) is 2.79. The predicted molar refractivity (Wildman–Crippen MR) is 56.4 cm³/mol. The van der Waals surface area contributed by atoms with Gasteiger partial charge in [-0.1, -0.05) is 34.8 Å². The molecule has 0 N–H and O–H groups in total. The first-order valence-electron chi connectivity index (χ1n) is 3.45. The highest BCUT2D eigenvalue weighted by Gasteiger charge is 2.38. The lowest BCUT2D eigenvalue weighted by Gasteiger charge is -2.29. The first-order valence-corrected chi connectivity index (χ1v) is 5.02. The average Bonchev–Trinajstić information content (AvgIpc) is 1.99. The van der Waals surface area contributed by atoms with Crippen LogP contribution in [0.2, 0.25) is 0 Å². The summed E-state index contributed by atoms with van der Waals surface area (Å²) in [5.74, 6) is 0. The molecule has 0 bridgehead atoms. The SMILES string of the molecule is CC1=C(C)C(Cl)(Cl)C(Cl)C=C1Cl. The van der Waals surface area contributed by atoms with E-state index in [0.29, 0.717) is 5.03 Å². The summed E-state index contributed by atoms with van der Waals surface area (Å²) in [4.78, 5) is 0. The zero-order valence-electron chi connectivity index (χ0n) is 6.67. The summed E-state index contributed by atoms with van der Waals surface area (Å²) in [6, 6.07) is 0. The molecule has 68 valence electrons. The Morgan fingerprint density at radius 1 is 1.33 bits per heavy atom. The summed E-state index contributed by atoms with van der Waals surface area (Å²) in [5.41, 5.74) is 1.72. The van der Waals surface area contributed by atoms with Crippen LogP contribution in [0, 0.1) is 0 Å². The van der Waals surface area contributed by atoms with E-state index in [1.54, 1.807) is 6.08 Å². The van der Waals surface area contributed by atoms with Gasteiger partial charge in [-0.25, -0.2) is 0 Å². The molecule has 0 aromatic carbocycles. The van der Waals surface area contributed by atoms with Gasteiger partial charge in [0.05, 0.1) is 5.38 Å². The van der Waals surface area contributed by atoms with Crippen molar-refractivity contribution in [3.63, 3.8) is 0 Å². The van der Waals surface area contributed by atoms with Gasteiger partial charge >= 0.3 is 0 Å². The highest BCUT2D eigenvalue weighted by molar-refractivity contribution is 6.55. The van der Waals surface area contributed by atoms with Gasteiger partial charge in [0.25, 0.3) is 0 Å². The summed E-state index contributed by atoms with van der Waals surface area (Å²) < 4.78 is -1.02. The Kier molecular flexibility index (Phi) is 3.05. The summed E-state index contributed by atoms with van der Waals surface area (Å²) in [6.07, 6.45) is 1.66. The molecule has 1 atom stereocenters. The minimum atomic E-state index is -1.02. The lowest BCUT2D eigenvalue weighted by molar-refractivity contribution is 0.879. The third-order valence-electron chi connectivity index (χ3n) is 2.06. The second kappa shape index (κ2) is 3.42. The minimum Gasteiger partial charge on any atom is -0.115 e. The molecular formula is C8H8Cl4. The van der Waals surface area contributed by atoms with E-state index >= 15 is 0 Å². The normalized spacial score (nSPS) is 28.8. The predicted octanol–water partition coefficient (Wildman–Crippen LogP) is 4.24. The number of alkyl halides is 3. The fraction of sp³-hybridized carbons (Fsp3) is 0.500. The van der Waals surface area contributed by atoms with Crippen molar-refractivity contribution < 1.29 is 0 Å². The molecule has 0 aromatic heterocycles. The lowest BCUT2D eigenvalue weighted by Crippen LogP contribution is -2.30. The Labute approximate surface area is 92.1 Å². The van der Waals surface area contributed by atoms with Crippen molar-refractivity contribution in [2.75, 3.05) is 0 Å². The van der Waals surface area contributed by atoms with Gasteiger partial charge in [-0.2, -0.15) is 0 Å². The molecule has 12 heavy (non-hydrogen) atoms. The third-order valence-corrected chi connectivity index (χ3v) is 4.18. The van der Waals surface area contributed by atoms with E-state index in [4.69, 9.17) is 46.4 Å². The van der Waals surface area contributed by atoms with E-state index in [2.05, 4.69) is 0 Å². The third kappa shape index (κ3) is 1.63. The highest BCUT2D eigenvalue weighted by Crippen LogP contribution is 2.44. The van der Waals surface area contributed by atoms with Crippen LogP contribution < -0.4 is 0 Å². The molecular weight excluding hydrogens is 238 g/mol. The molecule has 1 rings (SSSR count). The Hall–Kier alpha value is 0.640. The zero-order valence-corrected chi connectivity index (χ0v) is 9.69. The summed E-state index contributed by atoms with van der Waals surface area (Å²) >= 11 is 23.8. The molecule has 1 aliphatic rings. The molecule has 0 heterocycles. The zero-order chi connectivity index (χ0) is 9.52. The molecule has 0 saturated heterocycles. The molecule has 0 aliphatic heterocycles.